The van der Waals surface area contributed by atoms with E-state index in [2.05, 4.69) is 5.32 Å². The van der Waals surface area contributed by atoms with Gasteiger partial charge in [0.2, 0.25) is 5.91 Å². The highest BCUT2D eigenvalue weighted by Crippen LogP contribution is 2.16. The predicted octanol–water partition coefficient (Wildman–Crippen LogP) is 3.63. The average Bonchev–Trinajstić information content (AvgIpc) is 2.49. The molecule has 2 amide bonds. The molecule has 0 aliphatic rings. The third-order valence-corrected chi connectivity index (χ3v) is 3.86. The summed E-state index contributed by atoms with van der Waals surface area (Å²) in [6.07, 6.45) is 0. The first-order valence-corrected chi connectivity index (χ1v) is 7.97. The van der Waals surface area contributed by atoms with Crippen LogP contribution >= 0.6 is 0 Å². The number of benzene rings is 2. The van der Waals surface area contributed by atoms with E-state index >= 15 is 0 Å². The van der Waals surface area contributed by atoms with Gasteiger partial charge in [-0.1, -0.05) is 29.3 Å². The number of nitrogens with one attached hydrogen (secondary N) is 1. The Morgan fingerprint density at radius 1 is 0.917 bits per heavy atom. The fourth-order valence-electron chi connectivity index (χ4n) is 2.67. The van der Waals surface area contributed by atoms with Gasteiger partial charge in [-0.25, -0.2) is 0 Å². The summed E-state index contributed by atoms with van der Waals surface area (Å²) in [4.78, 5) is 26.2. The van der Waals surface area contributed by atoms with Crippen LogP contribution in [0.25, 0.3) is 0 Å². The second-order valence-corrected chi connectivity index (χ2v) is 6.40. The lowest BCUT2D eigenvalue weighted by atomic mass is 10.1. The molecule has 0 spiro atoms. The fourth-order valence-corrected chi connectivity index (χ4v) is 2.67. The molecule has 2 rings (SSSR count). The van der Waals surface area contributed by atoms with Gasteiger partial charge in [0.1, 0.15) is 0 Å². The quantitative estimate of drug-likeness (QED) is 0.933. The number of hydrogen-bond donors (Lipinski definition) is 1. The summed E-state index contributed by atoms with van der Waals surface area (Å²) in [6, 6.07) is 11.6. The largest absolute Gasteiger partial charge is 0.332 e. The summed E-state index contributed by atoms with van der Waals surface area (Å²) in [5, 5.41) is 2.88. The van der Waals surface area contributed by atoms with Crippen molar-refractivity contribution >= 4 is 17.5 Å². The van der Waals surface area contributed by atoms with Gasteiger partial charge in [0.05, 0.1) is 6.54 Å². The van der Waals surface area contributed by atoms with Gasteiger partial charge in [-0.2, -0.15) is 0 Å². The van der Waals surface area contributed by atoms with Crippen molar-refractivity contribution in [1.29, 1.82) is 0 Å². The molecule has 0 bridgehead atoms. The second-order valence-electron chi connectivity index (χ2n) is 6.40. The van der Waals surface area contributed by atoms with Crippen LogP contribution < -0.4 is 5.32 Å². The van der Waals surface area contributed by atoms with Crippen molar-refractivity contribution in [3.05, 3.63) is 64.2 Å². The lowest BCUT2D eigenvalue weighted by molar-refractivity contribution is -0.116. The Morgan fingerprint density at radius 3 is 2.17 bits per heavy atom. The van der Waals surface area contributed by atoms with E-state index in [0.717, 1.165) is 27.9 Å². The molecule has 0 atom stereocenters. The summed E-state index contributed by atoms with van der Waals surface area (Å²) >= 11 is 0. The maximum absolute atomic E-state index is 12.5. The number of likely N-dealkylation sites (N-methyl/N-ethyl adjacent to an activating group) is 1. The van der Waals surface area contributed by atoms with Crippen molar-refractivity contribution in [3.8, 4) is 0 Å². The van der Waals surface area contributed by atoms with E-state index in [9.17, 15) is 9.59 Å². The Morgan fingerprint density at radius 2 is 1.54 bits per heavy atom. The number of rotatable bonds is 4. The van der Waals surface area contributed by atoms with Gasteiger partial charge >= 0.3 is 0 Å². The van der Waals surface area contributed by atoms with E-state index in [1.807, 2.05) is 64.1 Å². The third kappa shape index (κ3) is 4.44. The van der Waals surface area contributed by atoms with Crippen LogP contribution in [-0.2, 0) is 4.79 Å². The number of hydrogen-bond acceptors (Lipinski definition) is 2. The van der Waals surface area contributed by atoms with E-state index in [1.54, 1.807) is 7.05 Å². The van der Waals surface area contributed by atoms with Gasteiger partial charge in [-0.05, 0) is 57.0 Å². The number of amides is 2. The Labute approximate surface area is 143 Å². The molecule has 0 radical (unpaired) electrons. The predicted molar refractivity (Wildman–Crippen MR) is 97.4 cm³/mol. The lowest BCUT2D eigenvalue weighted by Gasteiger charge is -2.18. The molecular formula is C20H24N2O2. The number of carbonyl (C=O) groups excluding carboxylic acids is 2. The van der Waals surface area contributed by atoms with Crippen LogP contribution in [0.2, 0.25) is 0 Å². The smallest absolute Gasteiger partial charge is 0.254 e. The topological polar surface area (TPSA) is 49.4 Å². The normalized spacial score (nSPS) is 10.4. The van der Waals surface area contributed by atoms with Crippen molar-refractivity contribution in [1.82, 2.24) is 4.90 Å². The van der Waals surface area contributed by atoms with Crippen molar-refractivity contribution in [3.63, 3.8) is 0 Å². The van der Waals surface area contributed by atoms with Gasteiger partial charge in [0, 0.05) is 18.3 Å². The molecule has 4 heteroatoms. The maximum atomic E-state index is 12.5. The van der Waals surface area contributed by atoms with Crippen LogP contribution in [0.4, 0.5) is 5.69 Å². The number of aryl methyl sites for hydroxylation is 4. The van der Waals surface area contributed by atoms with Crippen LogP contribution in [0, 0.1) is 27.7 Å². The van der Waals surface area contributed by atoms with E-state index in [1.165, 1.54) is 4.90 Å². The first-order valence-electron chi connectivity index (χ1n) is 7.97. The molecule has 2 aromatic carbocycles. The van der Waals surface area contributed by atoms with Gasteiger partial charge in [0.25, 0.3) is 5.91 Å². The van der Waals surface area contributed by atoms with Crippen molar-refractivity contribution < 1.29 is 9.59 Å². The highest BCUT2D eigenvalue weighted by molar-refractivity contribution is 5.99. The molecule has 4 nitrogen and oxygen atoms in total. The Hall–Kier alpha value is -2.62. The van der Waals surface area contributed by atoms with Crippen LogP contribution in [-0.4, -0.2) is 30.3 Å². The zero-order chi connectivity index (χ0) is 17.9. The summed E-state index contributed by atoms with van der Waals surface area (Å²) in [5.74, 6) is -0.359. The molecule has 0 saturated heterocycles. The Balaban J connectivity index is 2.05. The lowest BCUT2D eigenvalue weighted by Crippen LogP contribution is -2.35. The summed E-state index contributed by atoms with van der Waals surface area (Å²) in [7, 11) is 1.64. The minimum absolute atomic E-state index is 0.0131. The van der Waals surface area contributed by atoms with Crippen molar-refractivity contribution in [2.75, 3.05) is 18.9 Å². The van der Waals surface area contributed by atoms with Crippen molar-refractivity contribution in [2.45, 2.75) is 27.7 Å². The van der Waals surface area contributed by atoms with Crippen LogP contribution in [0.3, 0.4) is 0 Å². The zero-order valence-corrected chi connectivity index (χ0v) is 14.9. The minimum atomic E-state index is -0.205. The van der Waals surface area contributed by atoms with Crippen LogP contribution in [0.15, 0.2) is 36.4 Å². The second kappa shape index (κ2) is 7.30. The average molecular weight is 324 g/mol. The van der Waals surface area contributed by atoms with Gasteiger partial charge in [-0.15, -0.1) is 0 Å². The molecule has 1 N–H and O–H groups in total. The standard InChI is InChI=1S/C20H24N2O2/c1-13-6-7-16(4)18(11-13)21-19(23)12-22(5)20(24)17-9-14(2)8-15(3)10-17/h6-11H,12H2,1-5H3,(H,21,23). The van der Waals surface area contributed by atoms with Gasteiger partial charge in [-0.3, -0.25) is 9.59 Å². The SMILES string of the molecule is Cc1cc(C)cc(C(=O)N(C)CC(=O)Nc2cc(C)ccc2C)c1. The molecule has 0 aliphatic carbocycles. The highest BCUT2D eigenvalue weighted by atomic mass is 16.2. The molecule has 0 aromatic heterocycles. The summed E-state index contributed by atoms with van der Waals surface area (Å²) in [6.45, 7) is 7.84. The summed E-state index contributed by atoms with van der Waals surface area (Å²) < 4.78 is 0. The van der Waals surface area contributed by atoms with E-state index in [0.29, 0.717) is 5.56 Å². The molecule has 24 heavy (non-hydrogen) atoms. The third-order valence-electron chi connectivity index (χ3n) is 3.86. The molecule has 0 aliphatic heterocycles. The molecule has 0 fully saturated rings. The molecular weight excluding hydrogens is 300 g/mol. The first-order chi connectivity index (χ1) is 11.3. The Bertz CT molecular complexity index is 761. The number of anilines is 1. The molecule has 126 valence electrons. The van der Waals surface area contributed by atoms with E-state index in [4.69, 9.17) is 0 Å². The molecule has 0 unspecified atom stereocenters. The highest BCUT2D eigenvalue weighted by Gasteiger charge is 2.16. The van der Waals surface area contributed by atoms with Crippen LogP contribution in [0.5, 0.6) is 0 Å². The molecule has 0 saturated carbocycles. The first kappa shape index (κ1) is 17.7. The summed E-state index contributed by atoms with van der Waals surface area (Å²) in [5.41, 5.74) is 5.53. The zero-order valence-electron chi connectivity index (χ0n) is 14.9. The maximum Gasteiger partial charge on any atom is 0.254 e. The van der Waals surface area contributed by atoms with E-state index < -0.39 is 0 Å². The van der Waals surface area contributed by atoms with E-state index in [-0.39, 0.29) is 18.4 Å². The van der Waals surface area contributed by atoms with Crippen molar-refractivity contribution in [2.24, 2.45) is 0 Å². The fraction of sp³-hybridized carbons (Fsp3) is 0.300. The monoisotopic (exact) mass is 324 g/mol. The van der Waals surface area contributed by atoms with Gasteiger partial charge < -0.3 is 10.2 Å². The minimum Gasteiger partial charge on any atom is -0.332 e. The Kier molecular flexibility index (Phi) is 5.39. The molecule has 0 heterocycles. The number of nitrogens with zero attached hydrogens (tertiary/aromatic N) is 1. The molecule has 2 aromatic rings. The van der Waals surface area contributed by atoms with Gasteiger partial charge in [0.15, 0.2) is 0 Å². The number of carbonyl (C=O) groups is 2. The van der Waals surface area contributed by atoms with Crippen LogP contribution in [0.1, 0.15) is 32.6 Å².